The second-order valence-electron chi connectivity index (χ2n) is 5.45. The van der Waals surface area contributed by atoms with Gasteiger partial charge >= 0.3 is 5.69 Å². The number of aromatic hydroxyl groups is 1. The SMILES string of the molecule is Cc1ccc(NC(=S)N=Cc2c(O)n(C)c(=O)n(C)c2=O)c(C)c1. The molecule has 0 radical (unpaired) electrons. The summed E-state index contributed by atoms with van der Waals surface area (Å²) in [4.78, 5) is 27.7. The van der Waals surface area contributed by atoms with Crippen LogP contribution in [0, 0.1) is 13.8 Å². The lowest BCUT2D eigenvalue weighted by atomic mass is 10.1. The molecule has 0 bridgehead atoms. The highest BCUT2D eigenvalue weighted by molar-refractivity contribution is 7.80. The van der Waals surface area contributed by atoms with Crippen LogP contribution in [0.15, 0.2) is 32.8 Å². The van der Waals surface area contributed by atoms with Crippen molar-refractivity contribution in [3.8, 4) is 5.88 Å². The highest BCUT2D eigenvalue weighted by atomic mass is 32.1. The van der Waals surface area contributed by atoms with E-state index in [1.54, 1.807) is 0 Å². The number of hydrogen-bond donors (Lipinski definition) is 2. The molecule has 0 saturated carbocycles. The predicted octanol–water partition coefficient (Wildman–Crippen LogP) is 1.22. The minimum absolute atomic E-state index is 0.107. The van der Waals surface area contributed by atoms with Gasteiger partial charge in [-0.1, -0.05) is 17.7 Å². The Kier molecular flexibility index (Phi) is 4.99. The normalized spacial score (nSPS) is 11.0. The van der Waals surface area contributed by atoms with Crippen LogP contribution in [0.5, 0.6) is 5.88 Å². The molecule has 24 heavy (non-hydrogen) atoms. The zero-order valence-corrected chi connectivity index (χ0v) is 14.6. The molecule has 1 heterocycles. The molecular formula is C16H18N4O3S. The first-order valence-electron chi connectivity index (χ1n) is 7.13. The maximum Gasteiger partial charge on any atom is 0.333 e. The molecule has 2 rings (SSSR count). The molecule has 0 unspecified atom stereocenters. The van der Waals surface area contributed by atoms with Gasteiger partial charge in [-0.3, -0.25) is 13.9 Å². The Labute approximate surface area is 143 Å². The lowest BCUT2D eigenvalue weighted by molar-refractivity contribution is 0.410. The maximum absolute atomic E-state index is 12.1. The van der Waals surface area contributed by atoms with Crippen LogP contribution in [0.25, 0.3) is 0 Å². The van der Waals surface area contributed by atoms with Crippen LogP contribution in [0.2, 0.25) is 0 Å². The van der Waals surface area contributed by atoms with Crippen LogP contribution in [0.4, 0.5) is 5.69 Å². The first-order valence-corrected chi connectivity index (χ1v) is 7.54. The molecule has 0 spiro atoms. The monoisotopic (exact) mass is 346 g/mol. The average Bonchev–Trinajstić information content (AvgIpc) is 2.53. The van der Waals surface area contributed by atoms with Gasteiger partial charge in [-0.05, 0) is 37.7 Å². The van der Waals surface area contributed by atoms with E-state index >= 15 is 0 Å². The Morgan fingerprint density at radius 3 is 2.54 bits per heavy atom. The van der Waals surface area contributed by atoms with Gasteiger partial charge in [0.25, 0.3) is 5.56 Å². The number of benzene rings is 1. The lowest BCUT2D eigenvalue weighted by Gasteiger charge is -2.09. The van der Waals surface area contributed by atoms with E-state index in [1.165, 1.54) is 14.1 Å². The summed E-state index contributed by atoms with van der Waals surface area (Å²) >= 11 is 5.14. The second-order valence-corrected chi connectivity index (χ2v) is 5.84. The number of aliphatic imine (C=N–C) groups is 1. The molecule has 0 amide bonds. The van der Waals surface area contributed by atoms with Crippen molar-refractivity contribution in [3.63, 3.8) is 0 Å². The number of nitrogens with zero attached hydrogens (tertiary/aromatic N) is 3. The number of rotatable bonds is 2. The van der Waals surface area contributed by atoms with Crippen LogP contribution >= 0.6 is 12.2 Å². The molecule has 0 atom stereocenters. The fraction of sp³-hybridized carbons (Fsp3) is 0.250. The summed E-state index contributed by atoms with van der Waals surface area (Å²) in [6.45, 7) is 3.93. The van der Waals surface area contributed by atoms with Gasteiger partial charge in [0.15, 0.2) is 5.11 Å². The molecule has 0 fully saturated rings. The Bertz CT molecular complexity index is 957. The molecule has 1 aromatic carbocycles. The number of aromatic nitrogens is 2. The highest BCUT2D eigenvalue weighted by Gasteiger charge is 2.13. The zero-order valence-electron chi connectivity index (χ0n) is 13.8. The zero-order chi connectivity index (χ0) is 18.0. The summed E-state index contributed by atoms with van der Waals surface area (Å²) in [5, 5.41) is 13.1. The number of aryl methyl sites for hydroxylation is 2. The van der Waals surface area contributed by atoms with E-state index in [0.29, 0.717) is 0 Å². The lowest BCUT2D eigenvalue weighted by Crippen LogP contribution is -2.38. The Morgan fingerprint density at radius 2 is 1.92 bits per heavy atom. The molecule has 8 heteroatoms. The molecule has 0 saturated heterocycles. The van der Waals surface area contributed by atoms with Crippen LogP contribution in [-0.2, 0) is 14.1 Å². The number of hydrogen-bond acceptors (Lipinski definition) is 4. The molecule has 2 N–H and O–H groups in total. The third kappa shape index (κ3) is 3.43. The summed E-state index contributed by atoms with van der Waals surface area (Å²) in [7, 11) is 2.69. The van der Waals surface area contributed by atoms with Crippen molar-refractivity contribution in [1.29, 1.82) is 0 Å². The van der Waals surface area contributed by atoms with Crippen molar-refractivity contribution in [3.05, 3.63) is 55.7 Å². The van der Waals surface area contributed by atoms with Crippen LogP contribution in [0.3, 0.4) is 0 Å². The van der Waals surface area contributed by atoms with Gasteiger partial charge in [-0.25, -0.2) is 9.79 Å². The van der Waals surface area contributed by atoms with Crippen LogP contribution in [0.1, 0.15) is 16.7 Å². The molecule has 126 valence electrons. The first-order chi connectivity index (χ1) is 11.2. The third-order valence-electron chi connectivity index (χ3n) is 3.60. The van der Waals surface area contributed by atoms with Crippen LogP contribution < -0.4 is 16.6 Å². The van der Waals surface area contributed by atoms with E-state index in [0.717, 1.165) is 32.2 Å². The van der Waals surface area contributed by atoms with E-state index in [-0.39, 0.29) is 10.7 Å². The summed E-state index contributed by atoms with van der Waals surface area (Å²) < 4.78 is 1.85. The minimum atomic E-state index is -0.645. The van der Waals surface area contributed by atoms with E-state index in [4.69, 9.17) is 12.2 Å². The van der Waals surface area contributed by atoms with Gasteiger partial charge in [0.2, 0.25) is 5.88 Å². The fourth-order valence-electron chi connectivity index (χ4n) is 2.20. The smallest absolute Gasteiger partial charge is 0.333 e. The van der Waals surface area contributed by atoms with E-state index in [2.05, 4.69) is 10.3 Å². The summed E-state index contributed by atoms with van der Waals surface area (Å²) in [6.07, 6.45) is 1.15. The van der Waals surface area contributed by atoms with Gasteiger partial charge in [0.1, 0.15) is 5.56 Å². The Morgan fingerprint density at radius 1 is 1.25 bits per heavy atom. The maximum atomic E-state index is 12.1. The van der Waals surface area contributed by atoms with Crippen molar-refractivity contribution in [2.75, 3.05) is 5.32 Å². The predicted molar refractivity (Wildman–Crippen MR) is 98.3 cm³/mol. The Hall–Kier alpha value is -2.74. The topological polar surface area (TPSA) is 88.6 Å². The summed E-state index contributed by atoms with van der Waals surface area (Å²) in [6, 6.07) is 5.83. The Balaban J connectivity index is 2.30. The quantitative estimate of drug-likeness (QED) is 0.631. The van der Waals surface area contributed by atoms with Crippen molar-refractivity contribution < 1.29 is 5.11 Å². The molecule has 7 nitrogen and oxygen atoms in total. The standard InChI is InChI=1S/C16H18N4O3S/c1-9-5-6-12(10(2)7-9)18-15(24)17-8-11-13(21)19(3)16(23)20(4)14(11)22/h5-8,21H,1-4H3,(H,18,24). The second kappa shape index (κ2) is 6.79. The molecule has 0 aliphatic rings. The van der Waals surface area contributed by atoms with Crippen molar-refractivity contribution in [1.82, 2.24) is 9.13 Å². The van der Waals surface area contributed by atoms with Crippen molar-refractivity contribution in [2.45, 2.75) is 13.8 Å². The first kappa shape index (κ1) is 17.6. The molecule has 2 aromatic rings. The number of anilines is 1. The average molecular weight is 346 g/mol. The van der Waals surface area contributed by atoms with Gasteiger partial charge in [0, 0.05) is 26.0 Å². The van der Waals surface area contributed by atoms with Gasteiger partial charge in [-0.2, -0.15) is 0 Å². The molecule has 0 aliphatic heterocycles. The summed E-state index contributed by atoms with van der Waals surface area (Å²) in [5.41, 5.74) is 1.57. The number of thiocarbonyl (C=S) groups is 1. The molecular weight excluding hydrogens is 328 g/mol. The van der Waals surface area contributed by atoms with Gasteiger partial charge in [0.05, 0.1) is 0 Å². The third-order valence-corrected chi connectivity index (χ3v) is 3.81. The van der Waals surface area contributed by atoms with E-state index in [9.17, 15) is 14.7 Å². The van der Waals surface area contributed by atoms with Gasteiger partial charge in [-0.15, -0.1) is 0 Å². The molecule has 1 aromatic heterocycles. The van der Waals surface area contributed by atoms with Crippen LogP contribution in [-0.4, -0.2) is 25.6 Å². The number of nitrogens with one attached hydrogen (secondary N) is 1. The summed E-state index contributed by atoms with van der Waals surface area (Å²) in [5.74, 6) is -0.457. The van der Waals surface area contributed by atoms with Gasteiger partial charge < -0.3 is 10.4 Å². The van der Waals surface area contributed by atoms with Crippen molar-refractivity contribution in [2.24, 2.45) is 19.1 Å². The largest absolute Gasteiger partial charge is 0.494 e. The van der Waals surface area contributed by atoms with Crippen molar-refractivity contribution >= 4 is 29.2 Å². The molecule has 0 aliphatic carbocycles. The minimum Gasteiger partial charge on any atom is -0.494 e. The highest BCUT2D eigenvalue weighted by Crippen LogP contribution is 2.16. The van der Waals surface area contributed by atoms with E-state index < -0.39 is 17.1 Å². The van der Waals surface area contributed by atoms with E-state index in [1.807, 2.05) is 32.0 Å². The fourth-order valence-corrected chi connectivity index (χ4v) is 2.36.